The van der Waals surface area contributed by atoms with E-state index in [-0.39, 0.29) is 11.4 Å². The molecular formula is C35H50N4O5S. The molecule has 2 aromatic carbocycles. The van der Waals surface area contributed by atoms with Crippen LogP contribution in [0.1, 0.15) is 82.3 Å². The maximum absolute atomic E-state index is 14.1. The molecule has 9 nitrogen and oxygen atoms in total. The molecule has 0 bridgehead atoms. The normalized spacial score (nSPS) is 17.6. The summed E-state index contributed by atoms with van der Waals surface area (Å²) in [5, 5.41) is 6.98. The Bertz CT molecular complexity index is 1580. The molecule has 45 heavy (non-hydrogen) atoms. The van der Waals surface area contributed by atoms with Crippen LogP contribution in [0.15, 0.2) is 48.7 Å². The van der Waals surface area contributed by atoms with Crippen LogP contribution in [0.5, 0.6) is 0 Å². The van der Waals surface area contributed by atoms with E-state index in [2.05, 4.69) is 45.3 Å². The summed E-state index contributed by atoms with van der Waals surface area (Å²) >= 11 is 0. The molecule has 1 aromatic heterocycles. The highest BCUT2D eigenvalue weighted by Gasteiger charge is 2.34. The Morgan fingerprint density at radius 3 is 2.53 bits per heavy atom. The number of rotatable bonds is 15. The third kappa shape index (κ3) is 8.08. The van der Waals surface area contributed by atoms with Crippen LogP contribution in [0, 0.1) is 5.92 Å². The number of nitrogens with zero attached hydrogens (tertiary/aromatic N) is 2. The van der Waals surface area contributed by atoms with Gasteiger partial charge < -0.3 is 19.9 Å². The van der Waals surface area contributed by atoms with Gasteiger partial charge in [0.1, 0.15) is 6.10 Å². The summed E-state index contributed by atoms with van der Waals surface area (Å²) in [5.74, 6) is 0.272. The van der Waals surface area contributed by atoms with Gasteiger partial charge in [-0.25, -0.2) is 8.42 Å². The van der Waals surface area contributed by atoms with Gasteiger partial charge in [-0.1, -0.05) is 63.9 Å². The number of ether oxygens (including phenoxy) is 1. The van der Waals surface area contributed by atoms with E-state index >= 15 is 0 Å². The highest BCUT2D eigenvalue weighted by atomic mass is 32.2. The van der Waals surface area contributed by atoms with Crippen molar-refractivity contribution in [3.05, 3.63) is 65.4 Å². The van der Waals surface area contributed by atoms with Crippen LogP contribution in [0.4, 0.5) is 5.69 Å². The first-order chi connectivity index (χ1) is 21.3. The standard InChI is InChI=1S/C35H50N4O5S/c1-8-27-22-39-21-25(4)45(42,43)38(7)31-19-28(18-29(27)33(31)39)34(41)37-30(17-26-14-10-9-11-15-26)32(44-23-40)20-36-35(5,6)16-12-13-24(2)3/h9-11,14-15,18-19,22-25,30,32,36H,8,12-13,16-17,20-21H2,1-7H3,(H,37,41)/t25?,30-,32+/m0/s1. The fourth-order valence-electron chi connectivity index (χ4n) is 6.23. The first-order valence-electron chi connectivity index (χ1n) is 16.1. The maximum Gasteiger partial charge on any atom is 0.293 e. The van der Waals surface area contributed by atoms with Crippen LogP contribution in [0.2, 0.25) is 0 Å². The summed E-state index contributed by atoms with van der Waals surface area (Å²) < 4.78 is 35.6. The largest absolute Gasteiger partial charge is 0.461 e. The van der Waals surface area contributed by atoms with Gasteiger partial charge in [0, 0.05) is 42.8 Å². The molecule has 2 N–H and O–H groups in total. The molecule has 1 unspecified atom stereocenters. The van der Waals surface area contributed by atoms with Crippen molar-refractivity contribution in [1.29, 1.82) is 0 Å². The van der Waals surface area contributed by atoms with Gasteiger partial charge in [0.25, 0.3) is 12.4 Å². The highest BCUT2D eigenvalue weighted by Crippen LogP contribution is 2.37. The fourth-order valence-corrected chi connectivity index (χ4v) is 7.53. The number of anilines is 1. The molecular weight excluding hydrogens is 588 g/mol. The molecule has 0 aliphatic carbocycles. The van der Waals surface area contributed by atoms with E-state index in [9.17, 15) is 18.0 Å². The van der Waals surface area contributed by atoms with E-state index in [0.29, 0.717) is 43.2 Å². The molecule has 1 aliphatic heterocycles. The van der Waals surface area contributed by atoms with Crippen LogP contribution in [-0.2, 0) is 38.9 Å². The van der Waals surface area contributed by atoms with E-state index in [1.165, 1.54) is 4.31 Å². The second kappa shape index (κ2) is 14.4. The summed E-state index contributed by atoms with van der Waals surface area (Å²) in [5.41, 5.74) is 3.49. The van der Waals surface area contributed by atoms with Crippen molar-refractivity contribution in [3.8, 4) is 0 Å². The molecule has 0 radical (unpaired) electrons. The molecule has 0 saturated heterocycles. The predicted octanol–water partition coefficient (Wildman–Crippen LogP) is 5.45. The van der Waals surface area contributed by atoms with Crippen molar-refractivity contribution in [2.45, 2.75) is 103 Å². The van der Waals surface area contributed by atoms with E-state index < -0.39 is 27.4 Å². The summed E-state index contributed by atoms with van der Waals surface area (Å²) in [4.78, 5) is 25.8. The molecule has 246 valence electrons. The summed E-state index contributed by atoms with van der Waals surface area (Å²) in [6, 6.07) is 12.7. The number of hydrogen-bond acceptors (Lipinski definition) is 6. The Morgan fingerprint density at radius 1 is 1.18 bits per heavy atom. The van der Waals surface area contributed by atoms with Gasteiger partial charge in [0.2, 0.25) is 10.0 Å². The molecule has 3 aromatic rings. The summed E-state index contributed by atoms with van der Waals surface area (Å²) in [6.07, 6.45) is 5.72. The quantitative estimate of drug-likeness (QED) is 0.214. The van der Waals surface area contributed by atoms with Gasteiger partial charge in [0.05, 0.1) is 22.5 Å². The van der Waals surface area contributed by atoms with E-state index in [0.717, 1.165) is 47.7 Å². The second-order valence-electron chi connectivity index (χ2n) is 13.5. The van der Waals surface area contributed by atoms with Crippen molar-refractivity contribution in [3.63, 3.8) is 0 Å². The maximum atomic E-state index is 14.1. The Hall–Kier alpha value is -3.37. The fraction of sp³-hybridized carbons (Fsp3) is 0.543. The average molecular weight is 639 g/mol. The molecule has 0 saturated carbocycles. The summed E-state index contributed by atoms with van der Waals surface area (Å²) in [7, 11) is -2.07. The zero-order chi connectivity index (χ0) is 32.9. The number of amides is 1. The molecule has 1 aliphatic rings. The topological polar surface area (TPSA) is 110 Å². The van der Waals surface area contributed by atoms with E-state index in [1.807, 2.05) is 47.2 Å². The second-order valence-corrected chi connectivity index (χ2v) is 15.8. The molecule has 3 atom stereocenters. The lowest BCUT2D eigenvalue weighted by atomic mass is 9.93. The monoisotopic (exact) mass is 638 g/mol. The number of aromatic nitrogens is 1. The highest BCUT2D eigenvalue weighted by molar-refractivity contribution is 7.93. The smallest absolute Gasteiger partial charge is 0.293 e. The number of aryl methyl sites for hydroxylation is 1. The Morgan fingerprint density at radius 2 is 1.89 bits per heavy atom. The predicted molar refractivity (Wildman–Crippen MR) is 181 cm³/mol. The minimum Gasteiger partial charge on any atom is -0.461 e. The van der Waals surface area contributed by atoms with Gasteiger partial charge >= 0.3 is 0 Å². The lowest BCUT2D eigenvalue weighted by Gasteiger charge is -2.32. The van der Waals surface area contributed by atoms with Crippen molar-refractivity contribution in [2.75, 3.05) is 17.9 Å². The molecule has 0 fully saturated rings. The van der Waals surface area contributed by atoms with E-state index in [4.69, 9.17) is 4.74 Å². The van der Waals surface area contributed by atoms with Crippen molar-refractivity contribution in [1.82, 2.24) is 15.2 Å². The van der Waals surface area contributed by atoms with Crippen molar-refractivity contribution < 1.29 is 22.7 Å². The van der Waals surface area contributed by atoms with Crippen LogP contribution in [-0.4, -0.2) is 61.9 Å². The van der Waals surface area contributed by atoms with Gasteiger partial charge in [-0.15, -0.1) is 0 Å². The Labute approximate surface area is 268 Å². The first kappa shape index (κ1) is 34.5. The first-order valence-corrected chi connectivity index (χ1v) is 17.6. The minimum absolute atomic E-state index is 0.191. The molecule has 0 spiro atoms. The van der Waals surface area contributed by atoms with Gasteiger partial charge in [-0.2, -0.15) is 0 Å². The zero-order valence-corrected chi connectivity index (χ0v) is 28.6. The van der Waals surface area contributed by atoms with Gasteiger partial charge in [0.15, 0.2) is 0 Å². The third-order valence-electron chi connectivity index (χ3n) is 9.02. The lowest BCUT2D eigenvalue weighted by molar-refractivity contribution is -0.134. The van der Waals surface area contributed by atoms with Crippen LogP contribution >= 0.6 is 0 Å². The zero-order valence-electron chi connectivity index (χ0n) is 27.8. The third-order valence-corrected chi connectivity index (χ3v) is 11.1. The number of sulfonamides is 1. The van der Waals surface area contributed by atoms with Crippen LogP contribution in [0.25, 0.3) is 10.9 Å². The lowest BCUT2D eigenvalue weighted by Crippen LogP contribution is -2.53. The average Bonchev–Trinajstić information content (AvgIpc) is 3.32. The molecule has 10 heteroatoms. The number of hydrogen-bond donors (Lipinski definition) is 2. The van der Waals surface area contributed by atoms with Gasteiger partial charge in [-0.05, 0) is 69.2 Å². The Balaban J connectivity index is 1.67. The molecule has 4 rings (SSSR count). The summed E-state index contributed by atoms with van der Waals surface area (Å²) in [6.45, 7) is 13.6. The number of carbonyl (C=O) groups excluding carboxylic acids is 2. The number of carbonyl (C=O) groups is 2. The van der Waals surface area contributed by atoms with Crippen molar-refractivity contribution >= 4 is 39.0 Å². The van der Waals surface area contributed by atoms with Crippen LogP contribution < -0.4 is 14.9 Å². The van der Waals surface area contributed by atoms with Gasteiger partial charge in [-0.3, -0.25) is 13.9 Å². The van der Waals surface area contributed by atoms with Crippen LogP contribution in [0.3, 0.4) is 0 Å². The minimum atomic E-state index is -3.63. The number of benzene rings is 2. The molecule has 1 amide bonds. The molecule has 2 heterocycles. The van der Waals surface area contributed by atoms with Crippen molar-refractivity contribution in [2.24, 2.45) is 5.92 Å². The number of nitrogens with one attached hydrogen (secondary N) is 2. The SMILES string of the molecule is CCc1cn2c3c(cc(C(=O)N[C@@H](Cc4ccccc4)[C@@H](CNC(C)(C)CCCC(C)C)OC=O)cc13)N(C)S(=O)(=O)C(C)C2. The van der Waals surface area contributed by atoms with E-state index in [1.54, 1.807) is 20.0 Å². The Kier molecular flexibility index (Phi) is 11.0.